The molecule has 0 spiro atoms. The second-order valence-corrected chi connectivity index (χ2v) is 7.39. The zero-order valence-electron chi connectivity index (χ0n) is 9.86. The number of hydrogen-bond donors (Lipinski definition) is 1. The van der Waals surface area contributed by atoms with Gasteiger partial charge >= 0.3 is 0 Å². The molecule has 0 amide bonds. The first-order valence-electron chi connectivity index (χ1n) is 5.79. The molecule has 0 saturated carbocycles. The number of aliphatic hydroxyl groups is 1. The number of halogens is 1. The lowest BCUT2D eigenvalue weighted by molar-refractivity contribution is 0.213. The molecule has 1 aliphatic rings. The average molecular weight is 322 g/mol. The Bertz CT molecular complexity index is 709. The fourth-order valence-electron chi connectivity index (χ4n) is 2.39. The van der Waals surface area contributed by atoms with Crippen LogP contribution in [0.3, 0.4) is 0 Å². The number of imidazole rings is 1. The number of sulfonamides is 1. The van der Waals surface area contributed by atoms with Crippen LogP contribution in [-0.2, 0) is 10.0 Å². The Labute approximate surface area is 119 Å². The van der Waals surface area contributed by atoms with Crippen LogP contribution in [0.25, 0.3) is 4.96 Å². The van der Waals surface area contributed by atoms with Crippen molar-refractivity contribution in [3.8, 4) is 0 Å². The standard InChI is InChI=1S/C10H12ClN3O3S2/c11-8-9(13-4-5-18-10(13)12-8)19(16,17)14-3-1-2-7(14)6-15/h4-5,7,15H,1-3,6H2/t7-/m1/s1. The van der Waals surface area contributed by atoms with E-state index >= 15 is 0 Å². The Morgan fingerprint density at radius 1 is 1.58 bits per heavy atom. The summed E-state index contributed by atoms with van der Waals surface area (Å²) in [5.41, 5.74) is 0. The van der Waals surface area contributed by atoms with Gasteiger partial charge in [0.25, 0.3) is 10.0 Å². The summed E-state index contributed by atoms with van der Waals surface area (Å²) in [4.78, 5) is 4.58. The van der Waals surface area contributed by atoms with Crippen molar-refractivity contribution < 1.29 is 13.5 Å². The summed E-state index contributed by atoms with van der Waals surface area (Å²) in [5.74, 6) is 0. The molecule has 3 heterocycles. The van der Waals surface area contributed by atoms with E-state index < -0.39 is 10.0 Å². The highest BCUT2D eigenvalue weighted by Crippen LogP contribution is 2.31. The van der Waals surface area contributed by atoms with Gasteiger partial charge in [-0.05, 0) is 12.8 Å². The van der Waals surface area contributed by atoms with Gasteiger partial charge in [0.05, 0.1) is 6.61 Å². The van der Waals surface area contributed by atoms with Gasteiger partial charge < -0.3 is 5.11 Å². The second kappa shape index (κ2) is 4.71. The van der Waals surface area contributed by atoms with Crippen LogP contribution in [-0.4, -0.2) is 46.4 Å². The van der Waals surface area contributed by atoms with Crippen molar-refractivity contribution in [2.75, 3.05) is 13.2 Å². The SMILES string of the molecule is O=S(=O)(c1c(Cl)nc2sccn12)N1CCC[C@@H]1CO. The fourth-order valence-corrected chi connectivity index (χ4v) is 5.48. The first-order valence-corrected chi connectivity index (χ1v) is 8.49. The van der Waals surface area contributed by atoms with Crippen LogP contribution in [0.1, 0.15) is 12.8 Å². The average Bonchev–Trinajstić information content (AvgIpc) is 3.01. The van der Waals surface area contributed by atoms with Gasteiger partial charge in [-0.25, -0.2) is 13.4 Å². The van der Waals surface area contributed by atoms with E-state index in [1.807, 2.05) is 0 Å². The van der Waals surface area contributed by atoms with E-state index in [2.05, 4.69) is 4.98 Å². The molecule has 1 N–H and O–H groups in total. The molecule has 2 aromatic heterocycles. The van der Waals surface area contributed by atoms with E-state index in [-0.39, 0.29) is 22.8 Å². The van der Waals surface area contributed by atoms with Gasteiger partial charge in [0.15, 0.2) is 15.1 Å². The highest BCUT2D eigenvalue weighted by molar-refractivity contribution is 7.89. The van der Waals surface area contributed by atoms with Crippen molar-refractivity contribution in [1.29, 1.82) is 0 Å². The second-order valence-electron chi connectivity index (χ2n) is 4.36. The zero-order chi connectivity index (χ0) is 13.6. The summed E-state index contributed by atoms with van der Waals surface area (Å²) in [6, 6.07) is -0.370. The van der Waals surface area contributed by atoms with E-state index in [4.69, 9.17) is 11.6 Å². The van der Waals surface area contributed by atoms with Crippen LogP contribution in [0, 0.1) is 0 Å². The van der Waals surface area contributed by atoms with Crippen molar-refractivity contribution in [2.45, 2.75) is 23.9 Å². The molecule has 0 unspecified atom stereocenters. The molecular weight excluding hydrogens is 310 g/mol. The molecule has 9 heteroatoms. The van der Waals surface area contributed by atoms with Crippen LogP contribution < -0.4 is 0 Å². The van der Waals surface area contributed by atoms with Gasteiger partial charge in [0.2, 0.25) is 0 Å². The number of nitrogens with zero attached hydrogens (tertiary/aromatic N) is 3. The lowest BCUT2D eigenvalue weighted by Gasteiger charge is -2.21. The summed E-state index contributed by atoms with van der Waals surface area (Å²) in [5, 5.41) is 11.0. The third kappa shape index (κ3) is 1.98. The monoisotopic (exact) mass is 321 g/mol. The third-order valence-electron chi connectivity index (χ3n) is 3.27. The Morgan fingerprint density at radius 3 is 3.11 bits per heavy atom. The minimum Gasteiger partial charge on any atom is -0.395 e. The smallest absolute Gasteiger partial charge is 0.262 e. The van der Waals surface area contributed by atoms with Gasteiger partial charge in [-0.3, -0.25) is 4.40 Å². The molecule has 2 aromatic rings. The van der Waals surface area contributed by atoms with E-state index in [1.54, 1.807) is 11.6 Å². The minimum absolute atomic E-state index is 0.00855. The van der Waals surface area contributed by atoms with Crippen LogP contribution in [0.2, 0.25) is 5.15 Å². The zero-order valence-corrected chi connectivity index (χ0v) is 12.2. The maximum atomic E-state index is 12.7. The lowest BCUT2D eigenvalue weighted by Crippen LogP contribution is -2.38. The molecule has 104 valence electrons. The summed E-state index contributed by atoms with van der Waals surface area (Å²) in [6.07, 6.45) is 3.04. The number of aromatic nitrogens is 2. The molecule has 0 aliphatic carbocycles. The molecule has 0 radical (unpaired) electrons. The Hall–Kier alpha value is -0.670. The van der Waals surface area contributed by atoms with Gasteiger partial charge in [0, 0.05) is 24.2 Å². The molecule has 3 rings (SSSR count). The molecule has 1 aliphatic heterocycles. The van der Waals surface area contributed by atoms with Crippen LogP contribution in [0.15, 0.2) is 16.6 Å². The number of fused-ring (bicyclic) bond motifs is 1. The van der Waals surface area contributed by atoms with Crippen LogP contribution in [0.4, 0.5) is 0 Å². The first kappa shape index (κ1) is 13.3. The van der Waals surface area contributed by atoms with E-state index in [1.165, 1.54) is 20.0 Å². The van der Waals surface area contributed by atoms with Crippen molar-refractivity contribution in [3.63, 3.8) is 0 Å². The largest absolute Gasteiger partial charge is 0.395 e. The number of hydrogen-bond acceptors (Lipinski definition) is 5. The normalized spacial score (nSPS) is 21.5. The van der Waals surface area contributed by atoms with E-state index in [0.29, 0.717) is 17.9 Å². The number of thiazole rings is 1. The van der Waals surface area contributed by atoms with Crippen molar-refractivity contribution in [2.24, 2.45) is 0 Å². The molecule has 1 fully saturated rings. The highest BCUT2D eigenvalue weighted by Gasteiger charge is 2.38. The van der Waals surface area contributed by atoms with Gasteiger partial charge in [-0.1, -0.05) is 11.6 Å². The molecule has 1 atom stereocenters. The van der Waals surface area contributed by atoms with E-state index in [0.717, 1.165) is 6.42 Å². The molecule has 6 nitrogen and oxygen atoms in total. The van der Waals surface area contributed by atoms with E-state index in [9.17, 15) is 13.5 Å². The summed E-state index contributed by atoms with van der Waals surface area (Å²) in [6.45, 7) is 0.226. The fraction of sp³-hybridized carbons (Fsp3) is 0.500. The van der Waals surface area contributed by atoms with Crippen molar-refractivity contribution in [3.05, 3.63) is 16.7 Å². The predicted molar refractivity (Wildman–Crippen MR) is 72.1 cm³/mol. The van der Waals surface area contributed by atoms with Gasteiger partial charge in [-0.15, -0.1) is 11.3 Å². The number of aliphatic hydroxyl groups excluding tert-OH is 1. The maximum Gasteiger partial charge on any atom is 0.262 e. The topological polar surface area (TPSA) is 74.9 Å². The van der Waals surface area contributed by atoms with Gasteiger partial charge in [-0.2, -0.15) is 4.31 Å². The quantitative estimate of drug-likeness (QED) is 0.921. The third-order valence-corrected chi connectivity index (χ3v) is 6.37. The first-order chi connectivity index (χ1) is 9.05. The number of rotatable bonds is 3. The highest BCUT2D eigenvalue weighted by atomic mass is 35.5. The Balaban J connectivity index is 2.14. The van der Waals surface area contributed by atoms with Gasteiger partial charge in [0.1, 0.15) is 0 Å². The van der Waals surface area contributed by atoms with Crippen LogP contribution in [0.5, 0.6) is 0 Å². The summed E-state index contributed by atoms with van der Waals surface area (Å²) < 4.78 is 28.1. The molecule has 0 bridgehead atoms. The van der Waals surface area contributed by atoms with Crippen LogP contribution >= 0.6 is 22.9 Å². The minimum atomic E-state index is -3.74. The molecule has 1 saturated heterocycles. The van der Waals surface area contributed by atoms with Crippen molar-refractivity contribution in [1.82, 2.24) is 13.7 Å². The molecule has 0 aromatic carbocycles. The summed E-state index contributed by atoms with van der Waals surface area (Å²) >= 11 is 7.29. The Morgan fingerprint density at radius 2 is 2.37 bits per heavy atom. The summed E-state index contributed by atoms with van der Waals surface area (Å²) in [7, 11) is -3.74. The predicted octanol–water partition coefficient (Wildman–Crippen LogP) is 1.19. The lowest BCUT2D eigenvalue weighted by atomic mass is 10.2. The van der Waals surface area contributed by atoms with Crippen molar-refractivity contribution >= 4 is 37.9 Å². The molecular formula is C10H12ClN3O3S2. The maximum absolute atomic E-state index is 12.7. The molecule has 19 heavy (non-hydrogen) atoms. The Kier molecular flexibility index (Phi) is 3.30.